The van der Waals surface area contributed by atoms with Crippen molar-refractivity contribution in [2.75, 3.05) is 4.90 Å². The Morgan fingerprint density at radius 1 is 1.21 bits per heavy atom. The predicted molar refractivity (Wildman–Crippen MR) is 129 cm³/mol. The van der Waals surface area contributed by atoms with Crippen LogP contribution >= 0.6 is 0 Å². The molecular weight excluding hydrogens is 417 g/mol. The quantitative estimate of drug-likeness (QED) is 0.479. The van der Waals surface area contributed by atoms with E-state index in [4.69, 9.17) is 0 Å². The van der Waals surface area contributed by atoms with Crippen molar-refractivity contribution in [3.63, 3.8) is 0 Å². The van der Waals surface area contributed by atoms with Crippen molar-refractivity contribution in [1.29, 1.82) is 0 Å². The molecule has 0 spiro atoms. The Morgan fingerprint density at radius 3 is 2.58 bits per heavy atom. The minimum atomic E-state index is -0.536. The van der Waals surface area contributed by atoms with Gasteiger partial charge in [0.1, 0.15) is 11.5 Å². The molecule has 1 fully saturated rings. The molecule has 0 aromatic heterocycles. The molecule has 0 radical (unpaired) electrons. The summed E-state index contributed by atoms with van der Waals surface area (Å²) in [6.07, 6.45) is 2.77. The number of anilines is 1. The van der Waals surface area contributed by atoms with Crippen LogP contribution in [0.1, 0.15) is 69.2 Å². The summed E-state index contributed by atoms with van der Waals surface area (Å²) in [7, 11) is 0. The Kier molecular flexibility index (Phi) is 5.81. The van der Waals surface area contributed by atoms with Crippen molar-refractivity contribution in [3.05, 3.63) is 70.2 Å². The van der Waals surface area contributed by atoms with Crippen molar-refractivity contribution in [2.45, 2.75) is 72.0 Å². The molecule has 1 N–H and O–H groups in total. The number of rotatable bonds is 4. The first-order valence-corrected chi connectivity index (χ1v) is 11.5. The fourth-order valence-corrected chi connectivity index (χ4v) is 5.41. The standard InChI is InChI=1S/C27H32FN3O2/c1-16(2)31-24-11-17(3)20(12-21(24)18(4)14-27(31,5)6)13-23-25(32)30(26(33)29-23)15-19-9-7-8-10-22(19)28/h7-13,16,18H,14-15H2,1-6H3,(H,29,33)/b23-13-. The Bertz CT molecular complexity index is 1150. The number of hydrogen-bond donors (Lipinski definition) is 1. The molecule has 1 saturated heterocycles. The lowest BCUT2D eigenvalue weighted by Crippen LogP contribution is -2.51. The Balaban J connectivity index is 1.68. The fourth-order valence-electron chi connectivity index (χ4n) is 5.41. The van der Waals surface area contributed by atoms with Gasteiger partial charge in [0, 0.05) is 22.8 Å². The summed E-state index contributed by atoms with van der Waals surface area (Å²) >= 11 is 0. The van der Waals surface area contributed by atoms with Crippen LogP contribution in [-0.4, -0.2) is 28.4 Å². The maximum Gasteiger partial charge on any atom is 0.329 e. The summed E-state index contributed by atoms with van der Waals surface area (Å²) in [5, 5.41) is 2.67. The second kappa shape index (κ2) is 8.32. The average Bonchev–Trinajstić information content (AvgIpc) is 2.97. The van der Waals surface area contributed by atoms with Gasteiger partial charge in [0.15, 0.2) is 0 Å². The lowest BCUT2D eigenvalue weighted by molar-refractivity contribution is -0.123. The highest BCUT2D eigenvalue weighted by Gasteiger charge is 2.38. The van der Waals surface area contributed by atoms with E-state index in [1.165, 1.54) is 17.3 Å². The zero-order valence-electron chi connectivity index (χ0n) is 20.2. The number of benzene rings is 2. The Labute approximate surface area is 195 Å². The molecule has 2 aromatic rings. The SMILES string of the molecule is Cc1cc2c(cc1/C=C1\NC(=O)N(Cc3ccccc3F)C1=O)C(C)CC(C)(C)N2C(C)C. The number of nitrogens with one attached hydrogen (secondary N) is 1. The molecule has 5 nitrogen and oxygen atoms in total. The van der Waals surface area contributed by atoms with Crippen LogP contribution in [0.25, 0.3) is 6.08 Å². The lowest BCUT2D eigenvalue weighted by atomic mass is 9.78. The Hall–Kier alpha value is -3.15. The number of halogens is 1. The van der Waals surface area contributed by atoms with Gasteiger partial charge in [-0.15, -0.1) is 0 Å². The van der Waals surface area contributed by atoms with Gasteiger partial charge in [0.05, 0.1) is 6.54 Å². The van der Waals surface area contributed by atoms with Gasteiger partial charge >= 0.3 is 6.03 Å². The molecule has 0 aliphatic carbocycles. The summed E-state index contributed by atoms with van der Waals surface area (Å²) in [6.45, 7) is 13.2. The van der Waals surface area contributed by atoms with Gasteiger partial charge in [-0.05, 0) is 87.9 Å². The third kappa shape index (κ3) is 4.14. The predicted octanol–water partition coefficient (Wildman–Crippen LogP) is 5.73. The van der Waals surface area contributed by atoms with Crippen LogP contribution in [0.15, 0.2) is 42.1 Å². The molecule has 0 bridgehead atoms. The van der Waals surface area contributed by atoms with Gasteiger partial charge in [-0.2, -0.15) is 0 Å². The second-order valence-corrected chi connectivity index (χ2v) is 10.1. The van der Waals surface area contributed by atoms with Gasteiger partial charge in [0.2, 0.25) is 0 Å². The first-order chi connectivity index (χ1) is 15.5. The van der Waals surface area contributed by atoms with Crippen molar-refractivity contribution < 1.29 is 14.0 Å². The van der Waals surface area contributed by atoms with E-state index < -0.39 is 17.8 Å². The zero-order chi connectivity index (χ0) is 24.1. The maximum atomic E-state index is 14.0. The summed E-state index contributed by atoms with van der Waals surface area (Å²) in [4.78, 5) is 29.0. The summed E-state index contributed by atoms with van der Waals surface area (Å²) in [6, 6.07) is 10.3. The Morgan fingerprint density at radius 2 is 1.91 bits per heavy atom. The van der Waals surface area contributed by atoms with Crippen molar-refractivity contribution >= 4 is 23.7 Å². The molecule has 2 aliphatic heterocycles. The smallest absolute Gasteiger partial charge is 0.329 e. The summed E-state index contributed by atoms with van der Waals surface area (Å²) in [5.74, 6) is -0.514. The molecule has 2 aromatic carbocycles. The highest BCUT2D eigenvalue weighted by atomic mass is 19.1. The molecule has 33 heavy (non-hydrogen) atoms. The van der Waals surface area contributed by atoms with Gasteiger partial charge in [-0.25, -0.2) is 9.18 Å². The van der Waals surface area contributed by atoms with Gasteiger partial charge < -0.3 is 10.2 Å². The van der Waals surface area contributed by atoms with E-state index in [0.717, 1.165) is 22.4 Å². The van der Waals surface area contributed by atoms with E-state index in [1.54, 1.807) is 24.3 Å². The number of fused-ring (bicyclic) bond motifs is 1. The van der Waals surface area contributed by atoms with Crippen LogP contribution in [-0.2, 0) is 11.3 Å². The molecule has 0 saturated carbocycles. The zero-order valence-corrected chi connectivity index (χ0v) is 20.2. The van der Waals surface area contributed by atoms with E-state index in [9.17, 15) is 14.0 Å². The maximum absolute atomic E-state index is 14.0. The lowest BCUT2D eigenvalue weighted by Gasteiger charge is -2.50. The van der Waals surface area contributed by atoms with Crippen LogP contribution in [0.5, 0.6) is 0 Å². The monoisotopic (exact) mass is 449 g/mol. The van der Waals surface area contributed by atoms with Crippen LogP contribution in [0.4, 0.5) is 14.9 Å². The molecule has 2 heterocycles. The van der Waals surface area contributed by atoms with E-state index in [0.29, 0.717) is 17.5 Å². The summed E-state index contributed by atoms with van der Waals surface area (Å²) in [5.41, 5.74) is 4.99. The molecule has 174 valence electrons. The number of carbonyl (C=O) groups excluding carboxylic acids is 2. The number of carbonyl (C=O) groups is 2. The molecule has 6 heteroatoms. The minimum Gasteiger partial charge on any atom is -0.364 e. The highest BCUT2D eigenvalue weighted by Crippen LogP contribution is 2.45. The highest BCUT2D eigenvalue weighted by molar-refractivity contribution is 6.14. The number of imide groups is 1. The molecular formula is C27H32FN3O2. The first kappa shape index (κ1) is 23.0. The molecule has 1 atom stereocenters. The van der Waals surface area contributed by atoms with Crippen LogP contribution in [0.2, 0.25) is 0 Å². The van der Waals surface area contributed by atoms with Gasteiger partial charge in [0.25, 0.3) is 5.91 Å². The average molecular weight is 450 g/mol. The number of urea groups is 1. The minimum absolute atomic E-state index is 0.0512. The number of nitrogens with zero attached hydrogens (tertiary/aromatic N) is 2. The van der Waals surface area contributed by atoms with E-state index >= 15 is 0 Å². The number of aryl methyl sites for hydroxylation is 1. The third-order valence-electron chi connectivity index (χ3n) is 6.73. The van der Waals surface area contributed by atoms with E-state index in [-0.39, 0.29) is 17.8 Å². The van der Waals surface area contributed by atoms with Crippen LogP contribution in [0.3, 0.4) is 0 Å². The van der Waals surface area contributed by atoms with Crippen molar-refractivity contribution in [3.8, 4) is 0 Å². The number of amides is 3. The normalized spacial score (nSPS) is 21.1. The van der Waals surface area contributed by atoms with Crippen molar-refractivity contribution in [2.24, 2.45) is 0 Å². The molecule has 2 aliphatic rings. The van der Waals surface area contributed by atoms with Crippen LogP contribution in [0, 0.1) is 12.7 Å². The third-order valence-corrected chi connectivity index (χ3v) is 6.73. The first-order valence-electron chi connectivity index (χ1n) is 11.5. The van der Waals surface area contributed by atoms with E-state index in [2.05, 4.69) is 57.0 Å². The van der Waals surface area contributed by atoms with E-state index in [1.807, 2.05) is 6.92 Å². The number of hydrogen-bond acceptors (Lipinski definition) is 3. The molecule has 1 unspecified atom stereocenters. The summed E-state index contributed by atoms with van der Waals surface area (Å²) < 4.78 is 14.0. The molecule has 4 rings (SSSR count). The fraction of sp³-hybridized carbons (Fsp3) is 0.407. The van der Waals surface area contributed by atoms with Gasteiger partial charge in [-0.1, -0.05) is 25.1 Å². The largest absolute Gasteiger partial charge is 0.364 e. The van der Waals surface area contributed by atoms with Crippen molar-refractivity contribution in [1.82, 2.24) is 10.2 Å². The van der Waals surface area contributed by atoms with Gasteiger partial charge in [-0.3, -0.25) is 9.69 Å². The van der Waals surface area contributed by atoms with Crippen LogP contribution < -0.4 is 10.2 Å². The molecule has 3 amide bonds. The second-order valence-electron chi connectivity index (χ2n) is 10.1. The topological polar surface area (TPSA) is 52.7 Å².